The number of hydrogen-bond donors (Lipinski definition) is 4. The van der Waals surface area contributed by atoms with E-state index in [9.17, 15) is 19.2 Å². The third-order valence-corrected chi connectivity index (χ3v) is 4.31. The van der Waals surface area contributed by atoms with Gasteiger partial charge in [-0.05, 0) is 48.5 Å². The highest BCUT2D eigenvalue weighted by Crippen LogP contribution is 2.05. The zero-order valence-corrected chi connectivity index (χ0v) is 17.1. The van der Waals surface area contributed by atoms with Crippen molar-refractivity contribution in [3.63, 3.8) is 0 Å². The first-order chi connectivity index (χ1) is 15.5. The highest BCUT2D eigenvalue weighted by molar-refractivity contribution is 5.99. The lowest BCUT2D eigenvalue weighted by Crippen LogP contribution is -2.37. The first kappa shape index (κ1) is 22.3. The molecule has 0 atom stereocenters. The molecule has 10 nitrogen and oxygen atoms in total. The maximum atomic E-state index is 12.2. The Morgan fingerprint density at radius 3 is 1.34 bits per heavy atom. The van der Waals surface area contributed by atoms with Gasteiger partial charge >= 0.3 is 0 Å². The van der Waals surface area contributed by atoms with Crippen molar-refractivity contribution in [2.45, 2.75) is 13.1 Å². The number of rotatable bonds is 10. The summed E-state index contributed by atoms with van der Waals surface area (Å²) in [7, 11) is 0. The van der Waals surface area contributed by atoms with Crippen LogP contribution < -0.4 is 21.3 Å². The molecule has 0 saturated heterocycles. The lowest BCUT2D eigenvalue weighted by molar-refractivity contribution is -0.121. The Kier molecular flexibility index (Phi) is 7.79. The van der Waals surface area contributed by atoms with Gasteiger partial charge < -0.3 is 30.1 Å². The van der Waals surface area contributed by atoms with Crippen LogP contribution >= 0.6 is 0 Å². The topological polar surface area (TPSA) is 143 Å². The van der Waals surface area contributed by atoms with Gasteiger partial charge in [-0.15, -0.1) is 0 Å². The second-order valence-corrected chi connectivity index (χ2v) is 6.65. The maximum Gasteiger partial charge on any atom is 0.251 e. The summed E-state index contributed by atoms with van der Waals surface area (Å²) in [6, 6.07) is 12.7. The predicted octanol–water partition coefficient (Wildman–Crippen LogP) is 0.965. The third-order valence-electron chi connectivity index (χ3n) is 4.31. The van der Waals surface area contributed by atoms with E-state index in [0.29, 0.717) is 11.5 Å². The summed E-state index contributed by atoms with van der Waals surface area (Å²) >= 11 is 0. The average molecular weight is 438 g/mol. The Morgan fingerprint density at radius 2 is 1.00 bits per heavy atom. The summed E-state index contributed by atoms with van der Waals surface area (Å²) in [5.41, 5.74) is 0.577. The highest BCUT2D eigenvalue weighted by atomic mass is 16.3. The second-order valence-electron chi connectivity index (χ2n) is 6.65. The average Bonchev–Trinajstić information content (AvgIpc) is 3.52. The van der Waals surface area contributed by atoms with Gasteiger partial charge in [-0.3, -0.25) is 19.2 Å². The van der Waals surface area contributed by atoms with Crippen molar-refractivity contribution >= 4 is 23.6 Å². The lowest BCUT2D eigenvalue weighted by atomic mass is 10.1. The zero-order chi connectivity index (χ0) is 22.8. The second kappa shape index (κ2) is 11.2. The summed E-state index contributed by atoms with van der Waals surface area (Å²) in [5.74, 6) is -0.431. The Hall–Kier alpha value is -4.34. The number of carbonyl (C=O) groups is 4. The van der Waals surface area contributed by atoms with Gasteiger partial charge in [0.2, 0.25) is 11.8 Å². The number of benzene rings is 1. The summed E-state index contributed by atoms with van der Waals surface area (Å²) in [5, 5.41) is 10.2. The van der Waals surface area contributed by atoms with Gasteiger partial charge in [0, 0.05) is 11.1 Å². The van der Waals surface area contributed by atoms with Crippen LogP contribution in [0.3, 0.4) is 0 Å². The SMILES string of the molecule is O=C(CNC(=O)c1ccc(C(=O)NCC(=O)NCc2ccco2)cc1)NCc1ccco1. The molecule has 1 aromatic carbocycles. The fourth-order valence-electron chi connectivity index (χ4n) is 2.62. The summed E-state index contributed by atoms with van der Waals surface area (Å²) < 4.78 is 10.2. The van der Waals surface area contributed by atoms with Crippen LogP contribution in [-0.4, -0.2) is 36.7 Å². The molecule has 0 aliphatic heterocycles. The molecule has 0 radical (unpaired) electrons. The van der Waals surface area contributed by atoms with Crippen LogP contribution in [0.4, 0.5) is 0 Å². The minimum atomic E-state index is -0.456. The van der Waals surface area contributed by atoms with Gasteiger partial charge in [-0.1, -0.05) is 0 Å². The molecule has 0 aliphatic carbocycles. The molecule has 2 heterocycles. The molecular weight excluding hydrogens is 416 g/mol. The van der Waals surface area contributed by atoms with E-state index < -0.39 is 11.8 Å². The summed E-state index contributed by atoms with van der Waals surface area (Å²) in [6.07, 6.45) is 3.01. The van der Waals surface area contributed by atoms with Crippen molar-refractivity contribution in [3.8, 4) is 0 Å². The van der Waals surface area contributed by atoms with Crippen LogP contribution in [0.25, 0.3) is 0 Å². The van der Waals surface area contributed by atoms with E-state index >= 15 is 0 Å². The normalized spacial score (nSPS) is 10.2. The van der Waals surface area contributed by atoms with E-state index in [1.807, 2.05) is 0 Å². The molecule has 3 rings (SSSR count). The maximum absolute atomic E-state index is 12.2. The van der Waals surface area contributed by atoms with Crippen molar-refractivity contribution in [1.82, 2.24) is 21.3 Å². The number of furan rings is 2. The molecule has 0 bridgehead atoms. The first-order valence-corrected chi connectivity index (χ1v) is 9.76. The van der Waals surface area contributed by atoms with Gasteiger partial charge in [0.05, 0.1) is 38.7 Å². The number of carbonyl (C=O) groups excluding carboxylic acids is 4. The standard InChI is InChI=1S/C22H22N4O6/c27-19(23-11-17-3-1-9-31-17)13-25-21(29)15-5-7-16(8-6-15)22(30)26-14-20(28)24-12-18-4-2-10-32-18/h1-10H,11-14H2,(H,23,27)(H,24,28)(H,25,29)(H,26,30). The molecule has 0 fully saturated rings. The van der Waals surface area contributed by atoms with Gasteiger partial charge in [0.1, 0.15) is 11.5 Å². The molecule has 0 unspecified atom stereocenters. The lowest BCUT2D eigenvalue weighted by Gasteiger charge is -2.08. The van der Waals surface area contributed by atoms with Gasteiger partial charge in [-0.2, -0.15) is 0 Å². The monoisotopic (exact) mass is 438 g/mol. The fourth-order valence-corrected chi connectivity index (χ4v) is 2.62. The molecule has 4 amide bonds. The molecule has 32 heavy (non-hydrogen) atoms. The predicted molar refractivity (Wildman–Crippen MR) is 112 cm³/mol. The van der Waals surface area contributed by atoms with Crippen molar-refractivity contribution in [2.75, 3.05) is 13.1 Å². The molecule has 2 aromatic heterocycles. The summed E-state index contributed by atoms with van der Waals surface area (Å²) in [4.78, 5) is 48.0. The van der Waals surface area contributed by atoms with E-state index in [-0.39, 0.29) is 49.1 Å². The molecular formula is C22H22N4O6. The van der Waals surface area contributed by atoms with Crippen molar-refractivity contribution in [3.05, 3.63) is 83.7 Å². The van der Waals surface area contributed by atoms with Crippen LogP contribution in [-0.2, 0) is 22.7 Å². The van der Waals surface area contributed by atoms with Crippen LogP contribution in [0.5, 0.6) is 0 Å². The van der Waals surface area contributed by atoms with Crippen LogP contribution in [0, 0.1) is 0 Å². The number of hydrogen-bond acceptors (Lipinski definition) is 6. The largest absolute Gasteiger partial charge is 0.467 e. The Bertz CT molecular complexity index is 958. The molecule has 0 saturated carbocycles. The smallest absolute Gasteiger partial charge is 0.251 e. The molecule has 0 spiro atoms. The van der Waals surface area contributed by atoms with Crippen LogP contribution in [0.1, 0.15) is 32.2 Å². The Balaban J connectivity index is 1.38. The van der Waals surface area contributed by atoms with Crippen molar-refractivity contribution in [1.29, 1.82) is 0 Å². The zero-order valence-electron chi connectivity index (χ0n) is 17.1. The molecule has 4 N–H and O–H groups in total. The van der Waals surface area contributed by atoms with E-state index in [0.717, 1.165) is 0 Å². The first-order valence-electron chi connectivity index (χ1n) is 9.76. The van der Waals surface area contributed by atoms with Gasteiger partial charge in [-0.25, -0.2) is 0 Å². The van der Waals surface area contributed by atoms with Gasteiger partial charge in [0.15, 0.2) is 0 Å². The third kappa shape index (κ3) is 6.87. The Labute approximate surface area is 183 Å². The van der Waals surface area contributed by atoms with Gasteiger partial charge in [0.25, 0.3) is 11.8 Å². The Morgan fingerprint density at radius 1 is 0.594 bits per heavy atom. The number of amides is 4. The summed E-state index contributed by atoms with van der Waals surface area (Å²) in [6.45, 7) is 0.0581. The number of nitrogens with one attached hydrogen (secondary N) is 4. The van der Waals surface area contributed by atoms with E-state index in [4.69, 9.17) is 8.83 Å². The highest BCUT2D eigenvalue weighted by Gasteiger charge is 2.12. The minimum Gasteiger partial charge on any atom is -0.467 e. The van der Waals surface area contributed by atoms with E-state index in [1.165, 1.54) is 36.8 Å². The fraction of sp³-hybridized carbons (Fsp3) is 0.182. The molecule has 166 valence electrons. The van der Waals surface area contributed by atoms with Crippen molar-refractivity contribution < 1.29 is 28.0 Å². The van der Waals surface area contributed by atoms with E-state index in [2.05, 4.69) is 21.3 Å². The van der Waals surface area contributed by atoms with E-state index in [1.54, 1.807) is 24.3 Å². The van der Waals surface area contributed by atoms with Crippen LogP contribution in [0.15, 0.2) is 69.9 Å². The minimum absolute atomic E-state index is 0.200. The molecule has 10 heteroatoms. The van der Waals surface area contributed by atoms with Crippen molar-refractivity contribution in [2.24, 2.45) is 0 Å². The quantitative estimate of drug-likeness (QED) is 0.371. The van der Waals surface area contributed by atoms with Crippen LogP contribution in [0.2, 0.25) is 0 Å². The molecule has 3 aromatic rings. The molecule has 0 aliphatic rings.